The fourth-order valence-electron chi connectivity index (χ4n) is 3.28. The zero-order chi connectivity index (χ0) is 17.9. The van der Waals surface area contributed by atoms with E-state index in [0.717, 1.165) is 22.3 Å². The molecule has 0 heterocycles. The van der Waals surface area contributed by atoms with Gasteiger partial charge in [-0.05, 0) is 23.3 Å². The van der Waals surface area contributed by atoms with E-state index in [1.165, 1.54) is 0 Å². The molecule has 4 heteroatoms. The van der Waals surface area contributed by atoms with Crippen LogP contribution in [-0.2, 0) is 9.53 Å². The third-order valence-corrected chi connectivity index (χ3v) is 4.44. The highest BCUT2D eigenvalue weighted by molar-refractivity contribution is 5.80. The highest BCUT2D eigenvalue weighted by Gasteiger charge is 2.31. The third-order valence-electron chi connectivity index (χ3n) is 4.44. The summed E-state index contributed by atoms with van der Waals surface area (Å²) >= 11 is 0. The molecule has 4 nitrogen and oxygen atoms in total. The molecular weight excluding hydrogens is 328 g/mol. The van der Waals surface area contributed by atoms with Crippen molar-refractivity contribution in [3.05, 3.63) is 83.9 Å². The standard InChI is InChI=1S/C22H18O4/c1-24-19-12-6-7-13-20(19)25-14-21(23)26-22-17-10-4-2-8-15(17)16-9-3-5-11-18(16)22/h2-13,22H,14H2,1H3. The fourth-order valence-corrected chi connectivity index (χ4v) is 3.28. The van der Waals surface area contributed by atoms with Gasteiger partial charge in [-0.3, -0.25) is 0 Å². The topological polar surface area (TPSA) is 44.8 Å². The van der Waals surface area contributed by atoms with E-state index in [2.05, 4.69) is 0 Å². The number of hydrogen-bond acceptors (Lipinski definition) is 4. The second kappa shape index (κ2) is 6.92. The van der Waals surface area contributed by atoms with Gasteiger partial charge in [-0.2, -0.15) is 0 Å². The Bertz CT molecular complexity index is 903. The summed E-state index contributed by atoms with van der Waals surface area (Å²) in [6, 6.07) is 23.2. The number of hydrogen-bond donors (Lipinski definition) is 0. The number of esters is 1. The Morgan fingerprint density at radius 1 is 0.808 bits per heavy atom. The molecule has 130 valence electrons. The van der Waals surface area contributed by atoms with Crippen LogP contribution in [0.1, 0.15) is 17.2 Å². The minimum Gasteiger partial charge on any atom is -0.493 e. The zero-order valence-electron chi connectivity index (χ0n) is 14.3. The van der Waals surface area contributed by atoms with E-state index in [-0.39, 0.29) is 6.61 Å². The molecule has 0 bridgehead atoms. The first-order valence-corrected chi connectivity index (χ1v) is 8.41. The smallest absolute Gasteiger partial charge is 0.345 e. The maximum atomic E-state index is 12.4. The lowest BCUT2D eigenvalue weighted by atomic mass is 10.1. The molecule has 0 spiro atoms. The molecule has 3 aromatic rings. The monoisotopic (exact) mass is 346 g/mol. The number of ether oxygens (including phenoxy) is 3. The van der Waals surface area contributed by atoms with Gasteiger partial charge in [-0.25, -0.2) is 4.79 Å². The number of benzene rings is 3. The van der Waals surface area contributed by atoms with Gasteiger partial charge < -0.3 is 14.2 Å². The molecule has 0 radical (unpaired) electrons. The quantitative estimate of drug-likeness (QED) is 0.643. The van der Waals surface area contributed by atoms with Gasteiger partial charge in [0.05, 0.1) is 7.11 Å². The van der Waals surface area contributed by atoms with E-state index in [4.69, 9.17) is 14.2 Å². The van der Waals surface area contributed by atoms with Crippen molar-refractivity contribution in [3.63, 3.8) is 0 Å². The van der Waals surface area contributed by atoms with Crippen molar-refractivity contribution >= 4 is 5.97 Å². The van der Waals surface area contributed by atoms with Gasteiger partial charge in [-0.1, -0.05) is 60.7 Å². The Morgan fingerprint density at radius 2 is 1.35 bits per heavy atom. The van der Waals surface area contributed by atoms with Gasteiger partial charge in [0, 0.05) is 11.1 Å². The van der Waals surface area contributed by atoms with E-state index in [1.807, 2.05) is 60.7 Å². The molecule has 0 aromatic heterocycles. The molecule has 0 unspecified atom stereocenters. The van der Waals surface area contributed by atoms with E-state index in [0.29, 0.717) is 11.5 Å². The molecule has 26 heavy (non-hydrogen) atoms. The summed E-state index contributed by atoms with van der Waals surface area (Å²) < 4.78 is 16.6. The van der Waals surface area contributed by atoms with Crippen LogP contribution in [0.3, 0.4) is 0 Å². The summed E-state index contributed by atoms with van der Waals surface area (Å²) in [7, 11) is 1.56. The minimum absolute atomic E-state index is 0.179. The summed E-state index contributed by atoms with van der Waals surface area (Å²) in [5.41, 5.74) is 4.21. The van der Waals surface area contributed by atoms with Gasteiger partial charge in [0.25, 0.3) is 0 Å². The number of methoxy groups -OCH3 is 1. The van der Waals surface area contributed by atoms with Gasteiger partial charge >= 0.3 is 5.97 Å². The predicted molar refractivity (Wildman–Crippen MR) is 98.3 cm³/mol. The van der Waals surface area contributed by atoms with Crippen molar-refractivity contribution in [2.45, 2.75) is 6.10 Å². The minimum atomic E-state index is -0.424. The average molecular weight is 346 g/mol. The van der Waals surface area contributed by atoms with Crippen LogP contribution in [0.25, 0.3) is 11.1 Å². The van der Waals surface area contributed by atoms with Crippen molar-refractivity contribution in [3.8, 4) is 22.6 Å². The molecular formula is C22H18O4. The maximum Gasteiger partial charge on any atom is 0.345 e. The molecule has 0 atom stereocenters. The highest BCUT2D eigenvalue weighted by Crippen LogP contribution is 2.45. The molecule has 3 aromatic carbocycles. The normalized spacial score (nSPS) is 12.2. The van der Waals surface area contributed by atoms with Crippen LogP contribution in [0.15, 0.2) is 72.8 Å². The molecule has 1 aliphatic rings. The first-order valence-electron chi connectivity index (χ1n) is 8.41. The number of carbonyl (C=O) groups is 1. The zero-order valence-corrected chi connectivity index (χ0v) is 14.3. The number of fused-ring (bicyclic) bond motifs is 3. The van der Waals surface area contributed by atoms with E-state index in [1.54, 1.807) is 19.2 Å². The van der Waals surface area contributed by atoms with Crippen molar-refractivity contribution < 1.29 is 19.0 Å². The summed E-state index contributed by atoms with van der Waals surface area (Å²) in [6.07, 6.45) is -0.406. The number of rotatable bonds is 5. The molecule has 0 N–H and O–H groups in total. The summed E-state index contributed by atoms with van der Waals surface area (Å²) in [4.78, 5) is 12.4. The molecule has 0 saturated heterocycles. The van der Waals surface area contributed by atoms with Crippen LogP contribution in [0.2, 0.25) is 0 Å². The maximum absolute atomic E-state index is 12.4. The lowest BCUT2D eigenvalue weighted by molar-refractivity contribution is -0.149. The van der Waals surface area contributed by atoms with Crippen LogP contribution in [-0.4, -0.2) is 19.7 Å². The summed E-state index contributed by atoms with van der Waals surface area (Å²) in [5.74, 6) is 0.670. The Morgan fingerprint density at radius 3 is 1.96 bits per heavy atom. The van der Waals surface area contributed by atoms with Crippen molar-refractivity contribution in [2.75, 3.05) is 13.7 Å². The number of para-hydroxylation sites is 2. The molecule has 4 rings (SSSR count). The molecule has 1 aliphatic carbocycles. The van der Waals surface area contributed by atoms with Crippen LogP contribution in [0, 0.1) is 0 Å². The van der Waals surface area contributed by atoms with E-state index >= 15 is 0 Å². The van der Waals surface area contributed by atoms with Gasteiger partial charge in [0.1, 0.15) is 0 Å². The Balaban J connectivity index is 1.51. The molecule has 0 fully saturated rings. The van der Waals surface area contributed by atoms with Crippen molar-refractivity contribution in [2.24, 2.45) is 0 Å². The van der Waals surface area contributed by atoms with Gasteiger partial charge in [0.2, 0.25) is 0 Å². The van der Waals surface area contributed by atoms with Crippen LogP contribution in [0.5, 0.6) is 11.5 Å². The number of carbonyl (C=O) groups excluding carboxylic acids is 1. The van der Waals surface area contributed by atoms with Crippen LogP contribution in [0.4, 0.5) is 0 Å². The fraction of sp³-hybridized carbons (Fsp3) is 0.136. The predicted octanol–water partition coefficient (Wildman–Crippen LogP) is 4.39. The molecule has 0 amide bonds. The van der Waals surface area contributed by atoms with Crippen molar-refractivity contribution in [1.82, 2.24) is 0 Å². The van der Waals surface area contributed by atoms with Crippen molar-refractivity contribution in [1.29, 1.82) is 0 Å². The second-order valence-corrected chi connectivity index (χ2v) is 5.98. The lowest BCUT2D eigenvalue weighted by Crippen LogP contribution is -2.18. The van der Waals surface area contributed by atoms with E-state index in [9.17, 15) is 4.79 Å². The first kappa shape index (κ1) is 16.2. The molecule has 0 aliphatic heterocycles. The molecule has 0 saturated carbocycles. The van der Waals surface area contributed by atoms with Crippen LogP contribution >= 0.6 is 0 Å². The highest BCUT2D eigenvalue weighted by atomic mass is 16.6. The summed E-state index contributed by atoms with van der Waals surface area (Å²) in [6.45, 7) is -0.179. The Labute approximate surface area is 152 Å². The van der Waals surface area contributed by atoms with E-state index < -0.39 is 12.1 Å². The Kier molecular flexibility index (Phi) is 4.32. The van der Waals surface area contributed by atoms with Gasteiger partial charge in [0.15, 0.2) is 24.2 Å². The van der Waals surface area contributed by atoms with Gasteiger partial charge in [-0.15, -0.1) is 0 Å². The lowest BCUT2D eigenvalue weighted by Gasteiger charge is -2.16. The summed E-state index contributed by atoms with van der Waals surface area (Å²) in [5, 5.41) is 0. The third kappa shape index (κ3) is 2.90. The largest absolute Gasteiger partial charge is 0.493 e. The second-order valence-electron chi connectivity index (χ2n) is 5.98. The SMILES string of the molecule is COc1ccccc1OCC(=O)OC1c2ccccc2-c2ccccc21. The first-order chi connectivity index (χ1) is 12.8. The average Bonchev–Trinajstić information content (AvgIpc) is 3.01. The van der Waals surface area contributed by atoms with Crippen LogP contribution < -0.4 is 9.47 Å². The Hall–Kier alpha value is -3.27.